The minimum Gasteiger partial charge on any atom is -0.466 e. The first-order valence-corrected chi connectivity index (χ1v) is 9.61. The molecule has 0 heterocycles. The maximum atomic E-state index is 12.5. The third kappa shape index (κ3) is 9.37. The van der Waals surface area contributed by atoms with E-state index in [9.17, 15) is 24.3 Å². The van der Waals surface area contributed by atoms with Crippen molar-refractivity contribution in [2.75, 3.05) is 19.8 Å². The van der Waals surface area contributed by atoms with E-state index in [0.29, 0.717) is 0 Å². The van der Waals surface area contributed by atoms with Crippen LogP contribution in [0.4, 0.5) is 4.79 Å². The number of aliphatic hydroxyl groups is 1. The molecule has 30 heavy (non-hydrogen) atoms. The van der Waals surface area contributed by atoms with Crippen LogP contribution in [0.25, 0.3) is 0 Å². The van der Waals surface area contributed by atoms with Crippen LogP contribution in [0.15, 0.2) is 30.3 Å². The average molecular weight is 424 g/mol. The molecular formula is C20H28N2O8. The second-order valence-corrected chi connectivity index (χ2v) is 6.10. The van der Waals surface area contributed by atoms with Gasteiger partial charge in [-0.05, 0) is 25.8 Å². The molecule has 0 saturated heterocycles. The Bertz CT molecular complexity index is 695. The van der Waals surface area contributed by atoms with Crippen LogP contribution in [0, 0.1) is 0 Å². The highest BCUT2D eigenvalue weighted by atomic mass is 16.6. The summed E-state index contributed by atoms with van der Waals surface area (Å²) in [7, 11) is 0. The summed E-state index contributed by atoms with van der Waals surface area (Å²) >= 11 is 0. The number of benzene rings is 1. The molecule has 0 aliphatic carbocycles. The second kappa shape index (κ2) is 13.9. The van der Waals surface area contributed by atoms with E-state index < -0.39 is 42.6 Å². The predicted molar refractivity (Wildman–Crippen MR) is 105 cm³/mol. The fraction of sp³-hybridized carbons (Fsp3) is 0.500. The Labute approximate surface area is 174 Å². The largest absolute Gasteiger partial charge is 0.466 e. The fourth-order valence-corrected chi connectivity index (χ4v) is 2.37. The van der Waals surface area contributed by atoms with Crippen molar-refractivity contribution in [3.05, 3.63) is 35.9 Å². The smallest absolute Gasteiger partial charge is 0.408 e. The maximum Gasteiger partial charge on any atom is 0.408 e. The van der Waals surface area contributed by atoms with Crippen LogP contribution in [-0.2, 0) is 35.2 Å². The Kier molecular flexibility index (Phi) is 11.6. The highest BCUT2D eigenvalue weighted by molar-refractivity contribution is 5.90. The predicted octanol–water partition coefficient (Wildman–Crippen LogP) is 0.665. The zero-order chi connectivity index (χ0) is 22.4. The van der Waals surface area contributed by atoms with Crippen LogP contribution >= 0.6 is 0 Å². The van der Waals surface area contributed by atoms with Crippen LogP contribution in [0.5, 0.6) is 0 Å². The Morgan fingerprint density at radius 3 is 2.20 bits per heavy atom. The van der Waals surface area contributed by atoms with E-state index in [-0.39, 0.29) is 32.7 Å². The van der Waals surface area contributed by atoms with Crippen molar-refractivity contribution >= 4 is 23.9 Å². The number of rotatable bonds is 12. The van der Waals surface area contributed by atoms with Gasteiger partial charge in [-0.1, -0.05) is 30.3 Å². The molecule has 0 unspecified atom stereocenters. The van der Waals surface area contributed by atoms with E-state index in [0.717, 1.165) is 5.56 Å². The van der Waals surface area contributed by atoms with E-state index in [4.69, 9.17) is 14.2 Å². The van der Waals surface area contributed by atoms with Crippen molar-refractivity contribution in [3.8, 4) is 0 Å². The Hall–Kier alpha value is -3.14. The summed E-state index contributed by atoms with van der Waals surface area (Å²) in [5, 5.41) is 14.0. The molecule has 0 bridgehead atoms. The first kappa shape index (κ1) is 24.9. The molecule has 0 aliphatic rings. The number of aliphatic hydroxyl groups excluding tert-OH is 1. The molecule has 0 radical (unpaired) electrons. The number of alkyl carbamates (subject to hydrolysis) is 1. The standard InChI is InChI=1S/C20H28N2O8/c1-3-28-17(24)11-10-15(18(25)21-16(12-23)19(26)29-4-2)22-20(27)30-13-14-8-6-5-7-9-14/h5-9,15-16,23H,3-4,10-13H2,1-2H3,(H,21,25)(H,22,27)/t15-,16-/m0/s1. The van der Waals surface area contributed by atoms with E-state index >= 15 is 0 Å². The molecule has 2 atom stereocenters. The number of hydrogen-bond acceptors (Lipinski definition) is 8. The van der Waals surface area contributed by atoms with Gasteiger partial charge in [0.15, 0.2) is 6.04 Å². The molecule has 0 aliphatic heterocycles. The van der Waals surface area contributed by atoms with Crippen molar-refractivity contribution in [1.82, 2.24) is 10.6 Å². The first-order chi connectivity index (χ1) is 14.4. The third-order valence-electron chi connectivity index (χ3n) is 3.83. The molecule has 0 aromatic heterocycles. The molecule has 0 saturated carbocycles. The van der Waals surface area contributed by atoms with Crippen molar-refractivity contribution < 1.29 is 38.5 Å². The SMILES string of the molecule is CCOC(=O)CC[C@H](NC(=O)OCc1ccccc1)C(=O)N[C@@H](CO)C(=O)OCC. The van der Waals surface area contributed by atoms with Gasteiger partial charge in [0.25, 0.3) is 0 Å². The summed E-state index contributed by atoms with van der Waals surface area (Å²) in [5.41, 5.74) is 0.753. The molecule has 1 aromatic rings. The van der Waals surface area contributed by atoms with Gasteiger partial charge in [-0.2, -0.15) is 0 Å². The zero-order valence-electron chi connectivity index (χ0n) is 17.1. The van der Waals surface area contributed by atoms with Crippen LogP contribution in [0.3, 0.4) is 0 Å². The number of ether oxygens (including phenoxy) is 3. The zero-order valence-corrected chi connectivity index (χ0v) is 17.1. The quantitative estimate of drug-likeness (QED) is 0.328. The van der Waals surface area contributed by atoms with Crippen molar-refractivity contribution in [1.29, 1.82) is 0 Å². The monoisotopic (exact) mass is 424 g/mol. The molecule has 10 heteroatoms. The van der Waals surface area contributed by atoms with Gasteiger partial charge >= 0.3 is 18.0 Å². The molecule has 1 aromatic carbocycles. The number of nitrogens with one attached hydrogen (secondary N) is 2. The highest BCUT2D eigenvalue weighted by Gasteiger charge is 2.28. The molecule has 0 spiro atoms. The van der Waals surface area contributed by atoms with Crippen LogP contribution in [0.1, 0.15) is 32.3 Å². The summed E-state index contributed by atoms with van der Waals surface area (Å²) in [6.45, 7) is 2.78. The Balaban J connectivity index is 2.73. The van der Waals surface area contributed by atoms with E-state index in [2.05, 4.69) is 10.6 Å². The Morgan fingerprint density at radius 1 is 0.933 bits per heavy atom. The maximum absolute atomic E-state index is 12.5. The molecular weight excluding hydrogens is 396 g/mol. The molecule has 10 nitrogen and oxygen atoms in total. The topological polar surface area (TPSA) is 140 Å². The van der Waals surface area contributed by atoms with Gasteiger partial charge in [-0.25, -0.2) is 9.59 Å². The van der Waals surface area contributed by atoms with Crippen molar-refractivity contribution in [2.45, 2.75) is 45.4 Å². The lowest BCUT2D eigenvalue weighted by molar-refractivity contribution is -0.149. The van der Waals surface area contributed by atoms with Crippen molar-refractivity contribution in [3.63, 3.8) is 0 Å². The summed E-state index contributed by atoms with van der Waals surface area (Å²) in [6.07, 6.45) is -1.11. The van der Waals surface area contributed by atoms with E-state index in [1.807, 2.05) is 6.07 Å². The van der Waals surface area contributed by atoms with Gasteiger partial charge in [0.05, 0.1) is 19.8 Å². The third-order valence-corrected chi connectivity index (χ3v) is 3.83. The van der Waals surface area contributed by atoms with Crippen LogP contribution in [-0.4, -0.2) is 60.9 Å². The van der Waals surface area contributed by atoms with E-state index in [1.54, 1.807) is 38.1 Å². The van der Waals surface area contributed by atoms with Gasteiger partial charge < -0.3 is 30.0 Å². The fourth-order valence-electron chi connectivity index (χ4n) is 2.37. The number of carbonyl (C=O) groups is 4. The number of amides is 2. The van der Waals surface area contributed by atoms with Crippen molar-refractivity contribution in [2.24, 2.45) is 0 Å². The minimum atomic E-state index is -1.30. The lowest BCUT2D eigenvalue weighted by atomic mass is 10.1. The molecule has 3 N–H and O–H groups in total. The second-order valence-electron chi connectivity index (χ2n) is 6.10. The molecule has 2 amide bonds. The van der Waals surface area contributed by atoms with Crippen LogP contribution < -0.4 is 10.6 Å². The lowest BCUT2D eigenvalue weighted by Crippen LogP contribution is -2.53. The lowest BCUT2D eigenvalue weighted by Gasteiger charge is -2.21. The summed E-state index contributed by atoms with van der Waals surface area (Å²) in [6, 6.07) is 6.44. The van der Waals surface area contributed by atoms with E-state index in [1.165, 1.54) is 0 Å². The van der Waals surface area contributed by atoms with Crippen LogP contribution in [0.2, 0.25) is 0 Å². The van der Waals surface area contributed by atoms with Gasteiger partial charge in [0, 0.05) is 6.42 Å². The van der Waals surface area contributed by atoms with Gasteiger partial charge in [-0.3, -0.25) is 9.59 Å². The molecule has 166 valence electrons. The molecule has 0 fully saturated rings. The summed E-state index contributed by atoms with van der Waals surface area (Å²) in [5.74, 6) is -2.13. The first-order valence-electron chi connectivity index (χ1n) is 9.61. The summed E-state index contributed by atoms with van der Waals surface area (Å²) in [4.78, 5) is 48.1. The number of carbonyl (C=O) groups excluding carboxylic acids is 4. The average Bonchev–Trinajstić information content (AvgIpc) is 2.74. The Morgan fingerprint density at radius 2 is 1.60 bits per heavy atom. The van der Waals surface area contributed by atoms with Gasteiger partial charge in [-0.15, -0.1) is 0 Å². The van der Waals surface area contributed by atoms with Gasteiger partial charge in [0.2, 0.25) is 5.91 Å². The number of hydrogen-bond donors (Lipinski definition) is 3. The van der Waals surface area contributed by atoms with Gasteiger partial charge in [0.1, 0.15) is 12.6 Å². The minimum absolute atomic E-state index is 0.0129. The molecule has 1 rings (SSSR count). The summed E-state index contributed by atoms with van der Waals surface area (Å²) < 4.78 is 14.7. The highest BCUT2D eigenvalue weighted by Crippen LogP contribution is 2.04. The number of esters is 2. The normalized spacial score (nSPS) is 12.2.